The molecule has 0 radical (unpaired) electrons. The predicted molar refractivity (Wildman–Crippen MR) is 32.0 cm³/mol. The van der Waals surface area contributed by atoms with E-state index < -0.39 is 6.10 Å². The van der Waals surface area contributed by atoms with E-state index in [0.717, 1.165) is 0 Å². The van der Waals surface area contributed by atoms with E-state index in [4.69, 9.17) is 14.9 Å². The molecule has 52 valence electrons. The van der Waals surface area contributed by atoms with Crippen LogP contribution in [0.4, 0.5) is 0 Å². The highest BCUT2D eigenvalue weighted by Crippen LogP contribution is 2.14. The highest BCUT2D eigenvalue weighted by Gasteiger charge is 2.28. The van der Waals surface area contributed by atoms with Crippen LogP contribution in [0.2, 0.25) is 0 Å². The van der Waals surface area contributed by atoms with Gasteiger partial charge >= 0.3 is 0 Å². The SMILES string of the molecule is OC/C=C/C(O)C1CO1. The molecule has 1 saturated heterocycles. The Bertz CT molecular complexity index is 107. The molecule has 3 heteroatoms. The molecule has 1 aliphatic heterocycles. The van der Waals surface area contributed by atoms with Gasteiger partial charge in [-0.1, -0.05) is 12.2 Å². The fraction of sp³-hybridized carbons (Fsp3) is 0.667. The Labute approximate surface area is 53.6 Å². The van der Waals surface area contributed by atoms with Crippen molar-refractivity contribution >= 4 is 0 Å². The summed E-state index contributed by atoms with van der Waals surface area (Å²) in [6.45, 7) is 0.612. The van der Waals surface area contributed by atoms with Crippen LogP contribution >= 0.6 is 0 Å². The van der Waals surface area contributed by atoms with Gasteiger partial charge in [-0.2, -0.15) is 0 Å². The van der Waals surface area contributed by atoms with Crippen LogP contribution < -0.4 is 0 Å². The number of ether oxygens (including phenoxy) is 1. The van der Waals surface area contributed by atoms with Crippen molar-refractivity contribution in [3.05, 3.63) is 12.2 Å². The van der Waals surface area contributed by atoms with Gasteiger partial charge in [0, 0.05) is 0 Å². The predicted octanol–water partition coefficient (Wildman–Crippen LogP) is -0.705. The Morgan fingerprint density at radius 2 is 2.44 bits per heavy atom. The first-order chi connectivity index (χ1) is 4.34. The van der Waals surface area contributed by atoms with Crippen LogP contribution in [0.1, 0.15) is 0 Å². The molecule has 2 N–H and O–H groups in total. The quantitative estimate of drug-likeness (QED) is 0.392. The van der Waals surface area contributed by atoms with Crippen LogP contribution in [-0.4, -0.2) is 35.6 Å². The minimum Gasteiger partial charge on any atom is -0.392 e. The topological polar surface area (TPSA) is 53.0 Å². The third-order valence-corrected chi connectivity index (χ3v) is 1.18. The lowest BCUT2D eigenvalue weighted by Crippen LogP contribution is -2.10. The van der Waals surface area contributed by atoms with Crippen molar-refractivity contribution in [3.63, 3.8) is 0 Å². The van der Waals surface area contributed by atoms with Crippen LogP contribution in [0, 0.1) is 0 Å². The largest absolute Gasteiger partial charge is 0.392 e. The van der Waals surface area contributed by atoms with E-state index in [0.29, 0.717) is 6.61 Å². The van der Waals surface area contributed by atoms with Crippen LogP contribution in [0.25, 0.3) is 0 Å². The minimum atomic E-state index is -0.530. The fourth-order valence-corrected chi connectivity index (χ4v) is 0.577. The van der Waals surface area contributed by atoms with Gasteiger partial charge < -0.3 is 14.9 Å². The summed E-state index contributed by atoms with van der Waals surface area (Å²) < 4.78 is 4.78. The van der Waals surface area contributed by atoms with E-state index >= 15 is 0 Å². The molecule has 3 nitrogen and oxygen atoms in total. The van der Waals surface area contributed by atoms with Crippen molar-refractivity contribution in [1.29, 1.82) is 0 Å². The molecule has 0 amide bonds. The molecule has 0 aliphatic carbocycles. The molecule has 2 atom stereocenters. The molecule has 0 aromatic heterocycles. The Morgan fingerprint density at radius 1 is 1.78 bits per heavy atom. The molecule has 9 heavy (non-hydrogen) atoms. The van der Waals surface area contributed by atoms with Crippen LogP contribution in [0.15, 0.2) is 12.2 Å². The van der Waals surface area contributed by atoms with Crippen molar-refractivity contribution in [2.45, 2.75) is 12.2 Å². The van der Waals surface area contributed by atoms with Gasteiger partial charge in [0.15, 0.2) is 0 Å². The molecular formula is C6H10O3. The second kappa shape index (κ2) is 2.96. The standard InChI is InChI=1S/C6H10O3/c7-3-1-2-5(8)6-4-9-6/h1-2,5-8H,3-4H2/b2-1+. The maximum atomic E-state index is 9.00. The first kappa shape index (κ1) is 6.74. The van der Waals surface area contributed by atoms with Gasteiger partial charge in [0.05, 0.1) is 13.2 Å². The van der Waals surface area contributed by atoms with E-state index in [2.05, 4.69) is 0 Å². The van der Waals surface area contributed by atoms with Gasteiger partial charge in [0.1, 0.15) is 12.2 Å². The number of hydrogen-bond acceptors (Lipinski definition) is 3. The minimum absolute atomic E-state index is 0.0206. The number of rotatable bonds is 3. The smallest absolute Gasteiger partial charge is 0.110 e. The van der Waals surface area contributed by atoms with E-state index in [-0.39, 0.29) is 12.7 Å². The van der Waals surface area contributed by atoms with Gasteiger partial charge in [-0.05, 0) is 0 Å². The summed E-state index contributed by atoms with van der Waals surface area (Å²) in [4.78, 5) is 0. The van der Waals surface area contributed by atoms with Crippen LogP contribution in [-0.2, 0) is 4.74 Å². The lowest BCUT2D eigenvalue weighted by Gasteiger charge is -1.96. The summed E-state index contributed by atoms with van der Waals surface area (Å²) in [5, 5.41) is 17.3. The molecule has 1 aliphatic rings. The molecule has 0 bridgehead atoms. The van der Waals surface area contributed by atoms with E-state index in [1.54, 1.807) is 0 Å². The normalized spacial score (nSPS) is 28.9. The van der Waals surface area contributed by atoms with Gasteiger partial charge in [-0.15, -0.1) is 0 Å². The summed E-state index contributed by atoms with van der Waals surface area (Å²) in [6, 6.07) is 0. The van der Waals surface area contributed by atoms with Crippen molar-refractivity contribution in [1.82, 2.24) is 0 Å². The Morgan fingerprint density at radius 3 is 2.89 bits per heavy atom. The summed E-state index contributed by atoms with van der Waals surface area (Å²) >= 11 is 0. The van der Waals surface area contributed by atoms with Crippen molar-refractivity contribution in [2.24, 2.45) is 0 Å². The van der Waals surface area contributed by atoms with Crippen molar-refractivity contribution in [2.75, 3.05) is 13.2 Å². The molecule has 0 spiro atoms. The van der Waals surface area contributed by atoms with Crippen LogP contribution in [0.3, 0.4) is 0 Å². The Hall–Kier alpha value is -0.380. The Balaban J connectivity index is 2.16. The van der Waals surface area contributed by atoms with Crippen molar-refractivity contribution in [3.8, 4) is 0 Å². The molecule has 0 aromatic carbocycles. The molecule has 1 rings (SSSR count). The lowest BCUT2D eigenvalue weighted by molar-refractivity contribution is 0.177. The highest BCUT2D eigenvalue weighted by atomic mass is 16.6. The lowest BCUT2D eigenvalue weighted by atomic mass is 10.2. The zero-order valence-electron chi connectivity index (χ0n) is 5.03. The molecule has 2 unspecified atom stereocenters. The molecule has 1 heterocycles. The van der Waals surface area contributed by atoms with Crippen LogP contribution in [0.5, 0.6) is 0 Å². The monoisotopic (exact) mass is 130 g/mol. The van der Waals surface area contributed by atoms with E-state index in [1.165, 1.54) is 12.2 Å². The summed E-state index contributed by atoms with van der Waals surface area (Å²) in [5.41, 5.74) is 0. The zero-order valence-corrected chi connectivity index (χ0v) is 5.03. The van der Waals surface area contributed by atoms with E-state index in [1.807, 2.05) is 0 Å². The van der Waals surface area contributed by atoms with Crippen molar-refractivity contribution < 1.29 is 14.9 Å². The third kappa shape index (κ3) is 2.13. The summed E-state index contributed by atoms with van der Waals surface area (Å²) in [6.07, 6.45) is 2.49. The third-order valence-electron chi connectivity index (χ3n) is 1.18. The number of hydrogen-bond donors (Lipinski definition) is 2. The Kier molecular flexibility index (Phi) is 2.22. The maximum Gasteiger partial charge on any atom is 0.110 e. The molecular weight excluding hydrogens is 120 g/mol. The second-order valence-electron chi connectivity index (χ2n) is 1.97. The number of aliphatic hydroxyl groups excluding tert-OH is 2. The summed E-state index contributed by atoms with van der Waals surface area (Å²) in [7, 11) is 0. The first-order valence-corrected chi connectivity index (χ1v) is 2.92. The van der Waals surface area contributed by atoms with Gasteiger partial charge in [0.25, 0.3) is 0 Å². The molecule has 1 fully saturated rings. The highest BCUT2D eigenvalue weighted by molar-refractivity contribution is 4.96. The van der Waals surface area contributed by atoms with Gasteiger partial charge in [-0.3, -0.25) is 0 Å². The number of epoxide rings is 1. The van der Waals surface area contributed by atoms with Gasteiger partial charge in [-0.25, -0.2) is 0 Å². The van der Waals surface area contributed by atoms with E-state index in [9.17, 15) is 0 Å². The number of aliphatic hydroxyl groups is 2. The fourth-order valence-electron chi connectivity index (χ4n) is 0.577. The first-order valence-electron chi connectivity index (χ1n) is 2.92. The summed E-state index contributed by atoms with van der Waals surface area (Å²) in [5.74, 6) is 0. The zero-order chi connectivity index (χ0) is 6.69. The molecule has 0 aromatic rings. The second-order valence-corrected chi connectivity index (χ2v) is 1.97. The average Bonchev–Trinajstić information content (AvgIpc) is 2.63. The van der Waals surface area contributed by atoms with Gasteiger partial charge in [0.2, 0.25) is 0 Å². The average molecular weight is 130 g/mol. The molecule has 0 saturated carbocycles. The maximum absolute atomic E-state index is 9.00.